The third kappa shape index (κ3) is 2.33. The lowest BCUT2D eigenvalue weighted by atomic mass is 10.1. The SMILES string of the molecule is CC1CCCCN1C.O. The molecule has 0 aromatic carbocycles. The van der Waals surface area contributed by atoms with Crippen LogP contribution in [0, 0.1) is 0 Å². The Morgan fingerprint density at radius 1 is 1.33 bits per heavy atom. The van der Waals surface area contributed by atoms with Crippen molar-refractivity contribution < 1.29 is 5.48 Å². The first-order valence-electron chi connectivity index (χ1n) is 3.51. The summed E-state index contributed by atoms with van der Waals surface area (Å²) in [4.78, 5) is 2.43. The van der Waals surface area contributed by atoms with E-state index in [1.54, 1.807) is 0 Å². The maximum Gasteiger partial charge on any atom is 0.00638 e. The topological polar surface area (TPSA) is 34.7 Å². The van der Waals surface area contributed by atoms with Crippen molar-refractivity contribution in [1.29, 1.82) is 0 Å². The summed E-state index contributed by atoms with van der Waals surface area (Å²) < 4.78 is 0. The van der Waals surface area contributed by atoms with Crippen LogP contribution in [0.15, 0.2) is 0 Å². The molecule has 2 heteroatoms. The molecule has 0 aromatic rings. The zero-order valence-electron chi connectivity index (χ0n) is 6.35. The Labute approximate surface area is 57.2 Å². The highest BCUT2D eigenvalue weighted by atomic mass is 16.0. The summed E-state index contributed by atoms with van der Waals surface area (Å²) in [5, 5.41) is 0. The van der Waals surface area contributed by atoms with Crippen LogP contribution in [-0.4, -0.2) is 30.0 Å². The van der Waals surface area contributed by atoms with Gasteiger partial charge in [0.15, 0.2) is 0 Å². The highest BCUT2D eigenvalue weighted by Gasteiger charge is 2.12. The molecule has 1 rings (SSSR count). The van der Waals surface area contributed by atoms with E-state index in [-0.39, 0.29) is 5.48 Å². The Morgan fingerprint density at radius 3 is 2.33 bits per heavy atom. The summed E-state index contributed by atoms with van der Waals surface area (Å²) in [5.74, 6) is 0. The minimum absolute atomic E-state index is 0. The van der Waals surface area contributed by atoms with Gasteiger partial charge >= 0.3 is 0 Å². The lowest BCUT2D eigenvalue weighted by Gasteiger charge is -2.29. The summed E-state index contributed by atoms with van der Waals surface area (Å²) in [6, 6.07) is 0.837. The monoisotopic (exact) mass is 131 g/mol. The predicted octanol–water partition coefficient (Wildman–Crippen LogP) is 0.666. The quantitative estimate of drug-likeness (QED) is 0.475. The molecule has 0 amide bonds. The molecule has 2 nitrogen and oxygen atoms in total. The molecule has 1 saturated heterocycles. The molecular formula is C7H17NO. The molecule has 1 aliphatic heterocycles. The van der Waals surface area contributed by atoms with Gasteiger partial charge < -0.3 is 10.4 Å². The number of nitrogens with zero attached hydrogens (tertiary/aromatic N) is 1. The van der Waals surface area contributed by atoms with Gasteiger partial charge in [0.25, 0.3) is 0 Å². The number of rotatable bonds is 0. The fourth-order valence-electron chi connectivity index (χ4n) is 1.24. The highest BCUT2D eigenvalue weighted by molar-refractivity contribution is 4.68. The third-order valence-corrected chi connectivity index (χ3v) is 2.14. The normalized spacial score (nSPS) is 29.3. The summed E-state index contributed by atoms with van der Waals surface area (Å²) >= 11 is 0. The molecule has 0 aromatic heterocycles. The first kappa shape index (κ1) is 8.92. The van der Waals surface area contributed by atoms with Gasteiger partial charge in [-0.3, -0.25) is 0 Å². The summed E-state index contributed by atoms with van der Waals surface area (Å²) in [5.41, 5.74) is 0. The van der Waals surface area contributed by atoms with Crippen LogP contribution < -0.4 is 0 Å². The minimum atomic E-state index is 0. The molecule has 1 heterocycles. The first-order chi connectivity index (χ1) is 3.80. The second-order valence-corrected chi connectivity index (χ2v) is 2.83. The molecule has 0 bridgehead atoms. The second kappa shape index (κ2) is 3.85. The Balaban J connectivity index is 0.000000640. The standard InChI is InChI=1S/C7H15N.H2O/c1-7-5-3-4-6-8(7)2;/h7H,3-6H2,1-2H3;1H2. The Morgan fingerprint density at radius 2 is 2.00 bits per heavy atom. The largest absolute Gasteiger partial charge is 0.412 e. The van der Waals surface area contributed by atoms with Gasteiger partial charge in [0.2, 0.25) is 0 Å². The Kier molecular flexibility index (Phi) is 3.82. The van der Waals surface area contributed by atoms with E-state index in [0.717, 1.165) is 6.04 Å². The molecular weight excluding hydrogens is 114 g/mol. The lowest BCUT2D eigenvalue weighted by Crippen LogP contribution is -2.33. The molecule has 1 fully saturated rings. The first-order valence-corrected chi connectivity index (χ1v) is 3.51. The van der Waals surface area contributed by atoms with Crippen LogP contribution in [-0.2, 0) is 0 Å². The van der Waals surface area contributed by atoms with Gasteiger partial charge in [-0.05, 0) is 33.4 Å². The van der Waals surface area contributed by atoms with Crippen LogP contribution in [0.3, 0.4) is 0 Å². The third-order valence-electron chi connectivity index (χ3n) is 2.14. The van der Waals surface area contributed by atoms with Crippen molar-refractivity contribution in [3.63, 3.8) is 0 Å². The van der Waals surface area contributed by atoms with Crippen molar-refractivity contribution in [2.75, 3.05) is 13.6 Å². The van der Waals surface area contributed by atoms with E-state index in [1.165, 1.54) is 25.8 Å². The zero-order valence-corrected chi connectivity index (χ0v) is 6.35. The maximum atomic E-state index is 2.43. The van der Waals surface area contributed by atoms with Crippen LogP contribution >= 0.6 is 0 Å². The summed E-state index contributed by atoms with van der Waals surface area (Å²) in [6.07, 6.45) is 4.24. The van der Waals surface area contributed by atoms with Crippen LogP contribution in [0.5, 0.6) is 0 Å². The van der Waals surface area contributed by atoms with Crippen LogP contribution in [0.1, 0.15) is 26.2 Å². The molecule has 9 heavy (non-hydrogen) atoms. The molecule has 0 spiro atoms. The average molecular weight is 131 g/mol. The molecule has 1 unspecified atom stereocenters. The van der Waals surface area contributed by atoms with Gasteiger partial charge in [-0.25, -0.2) is 0 Å². The van der Waals surface area contributed by atoms with E-state index in [4.69, 9.17) is 0 Å². The van der Waals surface area contributed by atoms with Crippen molar-refractivity contribution in [2.45, 2.75) is 32.2 Å². The van der Waals surface area contributed by atoms with Crippen molar-refractivity contribution in [3.05, 3.63) is 0 Å². The molecule has 0 saturated carbocycles. The van der Waals surface area contributed by atoms with E-state index in [2.05, 4.69) is 18.9 Å². The fraction of sp³-hybridized carbons (Fsp3) is 1.00. The zero-order chi connectivity index (χ0) is 5.98. The number of piperidine rings is 1. The molecule has 0 radical (unpaired) electrons. The van der Waals surface area contributed by atoms with Crippen molar-refractivity contribution in [2.24, 2.45) is 0 Å². The van der Waals surface area contributed by atoms with Crippen LogP contribution in [0.25, 0.3) is 0 Å². The van der Waals surface area contributed by atoms with Crippen molar-refractivity contribution >= 4 is 0 Å². The van der Waals surface area contributed by atoms with Crippen molar-refractivity contribution in [3.8, 4) is 0 Å². The van der Waals surface area contributed by atoms with Gasteiger partial charge in [0.1, 0.15) is 0 Å². The molecule has 1 atom stereocenters. The van der Waals surface area contributed by atoms with Crippen LogP contribution in [0.2, 0.25) is 0 Å². The Bertz CT molecular complexity index is 65.3. The second-order valence-electron chi connectivity index (χ2n) is 2.83. The van der Waals surface area contributed by atoms with E-state index in [9.17, 15) is 0 Å². The average Bonchev–Trinajstić information content (AvgIpc) is 1.77. The smallest absolute Gasteiger partial charge is 0.00638 e. The lowest BCUT2D eigenvalue weighted by molar-refractivity contribution is 0.200. The van der Waals surface area contributed by atoms with Gasteiger partial charge in [-0.15, -0.1) is 0 Å². The van der Waals surface area contributed by atoms with Gasteiger partial charge in [-0.1, -0.05) is 6.42 Å². The number of hydrogen-bond acceptors (Lipinski definition) is 1. The van der Waals surface area contributed by atoms with Crippen molar-refractivity contribution in [1.82, 2.24) is 4.90 Å². The van der Waals surface area contributed by atoms with Gasteiger partial charge in [0.05, 0.1) is 0 Å². The molecule has 2 N–H and O–H groups in total. The number of likely N-dealkylation sites (tertiary alicyclic amines) is 1. The van der Waals surface area contributed by atoms with Gasteiger partial charge in [0, 0.05) is 6.04 Å². The maximum absolute atomic E-state index is 2.43. The van der Waals surface area contributed by atoms with E-state index < -0.39 is 0 Å². The van der Waals surface area contributed by atoms with E-state index >= 15 is 0 Å². The molecule has 56 valence electrons. The predicted molar refractivity (Wildman–Crippen MR) is 39.6 cm³/mol. The summed E-state index contributed by atoms with van der Waals surface area (Å²) in [7, 11) is 2.21. The van der Waals surface area contributed by atoms with Gasteiger partial charge in [-0.2, -0.15) is 0 Å². The minimum Gasteiger partial charge on any atom is -0.412 e. The van der Waals surface area contributed by atoms with E-state index in [0.29, 0.717) is 0 Å². The highest BCUT2D eigenvalue weighted by Crippen LogP contribution is 2.13. The fourth-order valence-corrected chi connectivity index (χ4v) is 1.24. The van der Waals surface area contributed by atoms with E-state index in [1.807, 2.05) is 0 Å². The summed E-state index contributed by atoms with van der Waals surface area (Å²) in [6.45, 7) is 3.61. The Hall–Kier alpha value is -0.0800. The van der Waals surface area contributed by atoms with Crippen LogP contribution in [0.4, 0.5) is 0 Å². The molecule has 0 aliphatic carbocycles. The molecule has 1 aliphatic rings. The number of hydrogen-bond donors (Lipinski definition) is 0.